The molecule has 1 saturated heterocycles. The van der Waals surface area contributed by atoms with Crippen molar-refractivity contribution in [3.8, 4) is 0 Å². The van der Waals surface area contributed by atoms with E-state index in [0.29, 0.717) is 6.23 Å². The molecule has 1 fully saturated rings. The maximum absolute atomic E-state index is 5.53. The van der Waals surface area contributed by atoms with E-state index in [9.17, 15) is 0 Å². The van der Waals surface area contributed by atoms with E-state index < -0.39 is 0 Å². The van der Waals surface area contributed by atoms with Crippen molar-refractivity contribution in [3.05, 3.63) is 12.3 Å². The van der Waals surface area contributed by atoms with E-state index in [2.05, 4.69) is 22.5 Å². The van der Waals surface area contributed by atoms with Crippen LogP contribution in [0.3, 0.4) is 0 Å². The van der Waals surface area contributed by atoms with Crippen LogP contribution in [-0.2, 0) is 4.74 Å². The third-order valence-electron chi connectivity index (χ3n) is 2.13. The average Bonchev–Trinajstić information content (AvgIpc) is 2.58. The fraction of sp³-hybridized carbons (Fsp3) is 0.750. The Morgan fingerprint density at radius 1 is 1.55 bits per heavy atom. The van der Waals surface area contributed by atoms with Gasteiger partial charge in [-0.15, -0.1) is 0 Å². The van der Waals surface area contributed by atoms with Crippen LogP contribution in [0.2, 0.25) is 0 Å². The molecule has 2 aliphatic heterocycles. The molecule has 0 aliphatic carbocycles. The summed E-state index contributed by atoms with van der Waals surface area (Å²) in [5, 5.41) is 3.27. The molecule has 0 amide bonds. The molecule has 1 unspecified atom stereocenters. The summed E-state index contributed by atoms with van der Waals surface area (Å²) in [6.07, 6.45) is 6.97. The summed E-state index contributed by atoms with van der Waals surface area (Å²) in [5.41, 5.74) is 0. The van der Waals surface area contributed by atoms with Gasteiger partial charge in [0, 0.05) is 19.4 Å². The second-order valence-electron chi connectivity index (χ2n) is 2.98. The number of ether oxygens (including phenoxy) is 1. The van der Waals surface area contributed by atoms with Crippen LogP contribution < -0.4 is 5.32 Å². The zero-order valence-electron chi connectivity index (χ0n) is 6.62. The van der Waals surface area contributed by atoms with Crippen molar-refractivity contribution in [1.29, 1.82) is 0 Å². The van der Waals surface area contributed by atoms with Crippen molar-refractivity contribution >= 4 is 0 Å². The Kier molecular flexibility index (Phi) is 2.10. The molecule has 11 heavy (non-hydrogen) atoms. The van der Waals surface area contributed by atoms with Gasteiger partial charge in [-0.3, -0.25) is 5.32 Å². The minimum atomic E-state index is 0.332. The topological polar surface area (TPSA) is 24.5 Å². The van der Waals surface area contributed by atoms with Crippen LogP contribution in [0.5, 0.6) is 0 Å². The van der Waals surface area contributed by atoms with Gasteiger partial charge in [-0.1, -0.05) is 6.08 Å². The lowest BCUT2D eigenvalue weighted by molar-refractivity contribution is 0.00204. The molecular formula is C8H14N2O. The van der Waals surface area contributed by atoms with Crippen molar-refractivity contribution in [2.45, 2.75) is 19.1 Å². The predicted molar refractivity (Wildman–Crippen MR) is 42.8 cm³/mol. The minimum Gasteiger partial charge on any atom is -0.358 e. The molecule has 2 aliphatic rings. The fourth-order valence-corrected chi connectivity index (χ4v) is 1.54. The third kappa shape index (κ3) is 1.54. The van der Waals surface area contributed by atoms with Crippen LogP contribution in [0.4, 0.5) is 0 Å². The highest BCUT2D eigenvalue weighted by Gasteiger charge is 2.20. The van der Waals surface area contributed by atoms with Gasteiger partial charge in [-0.25, -0.2) is 0 Å². The molecule has 0 bridgehead atoms. The zero-order valence-corrected chi connectivity index (χ0v) is 6.62. The Bertz CT molecular complexity index is 152. The normalized spacial score (nSPS) is 31.3. The summed E-state index contributed by atoms with van der Waals surface area (Å²) in [4.78, 5) is 2.22. The molecule has 0 radical (unpaired) electrons. The van der Waals surface area contributed by atoms with Gasteiger partial charge >= 0.3 is 0 Å². The molecule has 0 aromatic rings. The molecule has 3 nitrogen and oxygen atoms in total. The standard InChI is InChI=1S/C8H14N2O/c1-3-8(11-6-1)10-5-2-4-9-7-10/h2,5,8-9H,1,3-4,6-7H2. The fourth-order valence-electron chi connectivity index (χ4n) is 1.54. The molecule has 1 atom stereocenters. The number of nitrogens with one attached hydrogen (secondary N) is 1. The van der Waals surface area contributed by atoms with E-state index in [1.54, 1.807) is 0 Å². The van der Waals surface area contributed by atoms with Crippen molar-refractivity contribution in [2.75, 3.05) is 19.8 Å². The Morgan fingerprint density at radius 2 is 2.55 bits per heavy atom. The second-order valence-corrected chi connectivity index (χ2v) is 2.98. The van der Waals surface area contributed by atoms with Gasteiger partial charge in [-0.2, -0.15) is 0 Å². The van der Waals surface area contributed by atoms with Crippen LogP contribution in [0.25, 0.3) is 0 Å². The number of hydrogen-bond acceptors (Lipinski definition) is 3. The quantitative estimate of drug-likeness (QED) is 0.595. The number of hydrogen-bond donors (Lipinski definition) is 1. The third-order valence-corrected chi connectivity index (χ3v) is 2.13. The van der Waals surface area contributed by atoms with Gasteiger partial charge in [-0.05, 0) is 12.8 Å². The zero-order chi connectivity index (χ0) is 7.52. The van der Waals surface area contributed by atoms with Crippen LogP contribution in [-0.4, -0.2) is 30.9 Å². The smallest absolute Gasteiger partial charge is 0.130 e. The van der Waals surface area contributed by atoms with Crippen molar-refractivity contribution in [1.82, 2.24) is 10.2 Å². The lowest BCUT2D eigenvalue weighted by Crippen LogP contribution is -2.40. The van der Waals surface area contributed by atoms with Gasteiger partial charge in [0.25, 0.3) is 0 Å². The highest BCUT2D eigenvalue weighted by Crippen LogP contribution is 2.16. The van der Waals surface area contributed by atoms with Crippen LogP contribution in [0.15, 0.2) is 12.3 Å². The first kappa shape index (κ1) is 7.13. The van der Waals surface area contributed by atoms with E-state index >= 15 is 0 Å². The maximum atomic E-state index is 5.53. The summed E-state index contributed by atoms with van der Waals surface area (Å²) in [6, 6.07) is 0. The molecule has 0 aromatic carbocycles. The SMILES string of the molecule is C1=CN(C2CCCO2)CNC1. The van der Waals surface area contributed by atoms with Crippen molar-refractivity contribution in [2.24, 2.45) is 0 Å². The average molecular weight is 154 g/mol. The summed E-state index contributed by atoms with van der Waals surface area (Å²) >= 11 is 0. The number of rotatable bonds is 1. The van der Waals surface area contributed by atoms with Gasteiger partial charge in [0.05, 0.1) is 6.67 Å². The predicted octanol–water partition coefficient (Wildman–Crippen LogP) is 0.499. The Hall–Kier alpha value is -0.540. The molecular weight excluding hydrogens is 140 g/mol. The van der Waals surface area contributed by atoms with Crippen LogP contribution in [0, 0.1) is 0 Å². The van der Waals surface area contributed by atoms with Crippen LogP contribution >= 0.6 is 0 Å². The Balaban J connectivity index is 1.91. The lowest BCUT2D eigenvalue weighted by Gasteiger charge is -2.29. The second kappa shape index (κ2) is 3.24. The van der Waals surface area contributed by atoms with Crippen molar-refractivity contribution in [3.63, 3.8) is 0 Å². The van der Waals surface area contributed by atoms with E-state index in [-0.39, 0.29) is 0 Å². The van der Waals surface area contributed by atoms with Crippen molar-refractivity contribution < 1.29 is 4.74 Å². The largest absolute Gasteiger partial charge is 0.358 e. The van der Waals surface area contributed by atoms with E-state index in [0.717, 1.165) is 19.8 Å². The van der Waals surface area contributed by atoms with Crippen LogP contribution in [0.1, 0.15) is 12.8 Å². The summed E-state index contributed by atoms with van der Waals surface area (Å²) in [7, 11) is 0. The summed E-state index contributed by atoms with van der Waals surface area (Å²) in [6.45, 7) is 2.85. The first-order valence-electron chi connectivity index (χ1n) is 4.21. The van der Waals surface area contributed by atoms with Gasteiger partial charge in [0.15, 0.2) is 0 Å². The van der Waals surface area contributed by atoms with E-state index in [1.165, 1.54) is 12.8 Å². The Labute approximate surface area is 67.0 Å². The van der Waals surface area contributed by atoms with E-state index in [4.69, 9.17) is 4.74 Å². The van der Waals surface area contributed by atoms with Gasteiger partial charge in [0.1, 0.15) is 6.23 Å². The Morgan fingerprint density at radius 3 is 3.18 bits per heavy atom. The molecule has 0 saturated carbocycles. The molecule has 3 heteroatoms. The van der Waals surface area contributed by atoms with Gasteiger partial charge < -0.3 is 9.64 Å². The highest BCUT2D eigenvalue weighted by molar-refractivity contribution is 4.90. The highest BCUT2D eigenvalue weighted by atomic mass is 16.5. The molecule has 0 aromatic heterocycles. The van der Waals surface area contributed by atoms with E-state index in [1.807, 2.05) is 0 Å². The molecule has 62 valence electrons. The molecule has 0 spiro atoms. The lowest BCUT2D eigenvalue weighted by atomic mass is 10.3. The first-order valence-corrected chi connectivity index (χ1v) is 4.21. The summed E-state index contributed by atoms with van der Waals surface area (Å²) < 4.78 is 5.53. The van der Waals surface area contributed by atoms with Gasteiger partial charge in [0.2, 0.25) is 0 Å². The monoisotopic (exact) mass is 154 g/mol. The number of nitrogens with zero attached hydrogens (tertiary/aromatic N) is 1. The summed E-state index contributed by atoms with van der Waals surface area (Å²) in [5.74, 6) is 0. The minimum absolute atomic E-state index is 0.332. The first-order chi connectivity index (χ1) is 5.47. The maximum Gasteiger partial charge on any atom is 0.130 e. The molecule has 1 N–H and O–H groups in total. The molecule has 2 heterocycles. The molecule has 2 rings (SSSR count).